The number of rotatable bonds is 5. The van der Waals surface area contributed by atoms with Crippen molar-refractivity contribution in [2.75, 3.05) is 13.1 Å². The van der Waals surface area contributed by atoms with E-state index in [4.69, 9.17) is 4.74 Å². The van der Waals surface area contributed by atoms with Gasteiger partial charge in [0.25, 0.3) is 5.91 Å². The van der Waals surface area contributed by atoms with Gasteiger partial charge >= 0.3 is 0 Å². The third-order valence-electron chi connectivity index (χ3n) is 6.07. The second-order valence-electron chi connectivity index (χ2n) is 8.68. The number of nitrogens with zero attached hydrogens (tertiary/aromatic N) is 5. The average molecular weight is 454 g/mol. The minimum absolute atomic E-state index is 0.0257. The summed E-state index contributed by atoms with van der Waals surface area (Å²) in [5, 5.41) is 4.55. The van der Waals surface area contributed by atoms with Crippen LogP contribution in [0.25, 0.3) is 5.69 Å². The quantitative estimate of drug-likeness (QED) is 0.421. The zero-order valence-corrected chi connectivity index (χ0v) is 19.4. The second kappa shape index (κ2) is 9.47. The number of aromatic nitrogens is 4. The number of hydrogen-bond acceptors (Lipinski definition) is 5. The largest absolute Gasteiger partial charge is 0.437 e. The third-order valence-corrected chi connectivity index (χ3v) is 6.07. The van der Waals surface area contributed by atoms with Gasteiger partial charge in [0, 0.05) is 36.5 Å². The van der Waals surface area contributed by atoms with Crippen LogP contribution in [0.2, 0.25) is 0 Å². The molecule has 7 nitrogen and oxygen atoms in total. The van der Waals surface area contributed by atoms with Crippen LogP contribution in [0.1, 0.15) is 46.2 Å². The van der Waals surface area contributed by atoms with Gasteiger partial charge < -0.3 is 9.64 Å². The number of likely N-dealkylation sites (tertiary alicyclic amines) is 1. The molecule has 0 spiro atoms. The number of hydrogen-bond donors (Lipinski definition) is 0. The summed E-state index contributed by atoms with van der Waals surface area (Å²) in [6.45, 7) is 5.31. The van der Waals surface area contributed by atoms with Crippen LogP contribution in [-0.2, 0) is 0 Å². The lowest BCUT2D eigenvalue weighted by atomic mass is 9.94. The topological polar surface area (TPSA) is 73.1 Å². The average Bonchev–Trinajstić information content (AvgIpc) is 3.22. The van der Waals surface area contributed by atoms with Crippen molar-refractivity contribution in [2.24, 2.45) is 0 Å². The molecule has 0 bridgehead atoms. The van der Waals surface area contributed by atoms with Crippen molar-refractivity contribution in [3.63, 3.8) is 0 Å². The maximum atomic E-state index is 13.4. The van der Waals surface area contributed by atoms with E-state index in [1.165, 1.54) is 0 Å². The standard InChI is InChI=1S/C27H27N5O2/c1-19-14-20(2)32(30-19)23-10-6-8-21(15-23)27(33)31-13-7-9-22(18-31)25-16-28-17-26(29-25)34-24-11-4-3-5-12-24/h3-6,8,10-12,14-17,22H,7,9,13,18H2,1-2H3/t22-/m1/s1. The summed E-state index contributed by atoms with van der Waals surface area (Å²) >= 11 is 0. The fourth-order valence-electron chi connectivity index (χ4n) is 4.46. The Kier molecular flexibility index (Phi) is 6.08. The van der Waals surface area contributed by atoms with Crippen LogP contribution in [0.15, 0.2) is 73.1 Å². The van der Waals surface area contributed by atoms with Crippen molar-refractivity contribution >= 4 is 5.91 Å². The number of carbonyl (C=O) groups excluding carboxylic acids is 1. The predicted molar refractivity (Wildman–Crippen MR) is 129 cm³/mol. The summed E-state index contributed by atoms with van der Waals surface area (Å²) in [4.78, 5) is 24.3. The van der Waals surface area contributed by atoms with Gasteiger partial charge in [-0.05, 0) is 63.1 Å². The Morgan fingerprint density at radius 3 is 2.68 bits per heavy atom. The molecule has 5 rings (SSSR count). The maximum Gasteiger partial charge on any atom is 0.253 e. The molecule has 4 aromatic rings. The van der Waals surface area contributed by atoms with E-state index in [1.807, 2.05) is 84.1 Å². The molecule has 0 N–H and O–H groups in total. The van der Waals surface area contributed by atoms with Gasteiger partial charge in [0.1, 0.15) is 5.75 Å². The van der Waals surface area contributed by atoms with E-state index in [2.05, 4.69) is 15.1 Å². The molecular weight excluding hydrogens is 426 g/mol. The monoisotopic (exact) mass is 453 g/mol. The molecule has 0 unspecified atom stereocenters. The highest BCUT2D eigenvalue weighted by Crippen LogP contribution is 2.28. The first-order valence-corrected chi connectivity index (χ1v) is 11.5. The highest BCUT2D eigenvalue weighted by Gasteiger charge is 2.27. The van der Waals surface area contributed by atoms with E-state index in [9.17, 15) is 4.79 Å². The molecule has 0 radical (unpaired) electrons. The summed E-state index contributed by atoms with van der Waals surface area (Å²) in [6.07, 6.45) is 5.27. The fraction of sp³-hybridized carbons (Fsp3) is 0.259. The Morgan fingerprint density at radius 1 is 1.03 bits per heavy atom. The van der Waals surface area contributed by atoms with E-state index in [1.54, 1.807) is 12.4 Å². The van der Waals surface area contributed by atoms with Crippen molar-refractivity contribution in [3.05, 3.63) is 95.7 Å². The summed E-state index contributed by atoms with van der Waals surface area (Å²) in [5.74, 6) is 1.32. The van der Waals surface area contributed by atoms with Crippen LogP contribution in [0.5, 0.6) is 11.6 Å². The Morgan fingerprint density at radius 2 is 1.88 bits per heavy atom. The first-order valence-electron chi connectivity index (χ1n) is 11.5. The van der Waals surface area contributed by atoms with Gasteiger partial charge in [0.05, 0.1) is 23.3 Å². The molecular formula is C27H27N5O2. The van der Waals surface area contributed by atoms with E-state index < -0.39 is 0 Å². The molecule has 7 heteroatoms. The SMILES string of the molecule is Cc1cc(C)n(-c2cccc(C(=O)N3CCC[C@@H](c4cncc(Oc5ccccc5)n4)C3)c2)n1. The minimum atomic E-state index is 0.0257. The van der Waals surface area contributed by atoms with Gasteiger partial charge in [0.15, 0.2) is 0 Å². The van der Waals surface area contributed by atoms with Crippen molar-refractivity contribution < 1.29 is 9.53 Å². The first-order chi connectivity index (χ1) is 16.6. The highest BCUT2D eigenvalue weighted by molar-refractivity contribution is 5.94. The summed E-state index contributed by atoms with van der Waals surface area (Å²) in [5.41, 5.74) is 4.39. The summed E-state index contributed by atoms with van der Waals surface area (Å²) < 4.78 is 7.73. The van der Waals surface area contributed by atoms with Crippen LogP contribution in [0, 0.1) is 13.8 Å². The van der Waals surface area contributed by atoms with E-state index in [-0.39, 0.29) is 11.8 Å². The van der Waals surface area contributed by atoms with Gasteiger partial charge in [-0.25, -0.2) is 9.67 Å². The number of carbonyl (C=O) groups is 1. The molecule has 3 heterocycles. The predicted octanol–water partition coefficient (Wildman–Crippen LogP) is 5.09. The van der Waals surface area contributed by atoms with Crippen LogP contribution >= 0.6 is 0 Å². The Labute approximate surface area is 199 Å². The molecule has 1 saturated heterocycles. The second-order valence-corrected chi connectivity index (χ2v) is 8.68. The molecule has 1 atom stereocenters. The molecule has 2 aromatic carbocycles. The van der Waals surface area contributed by atoms with Gasteiger partial charge in [-0.1, -0.05) is 24.3 Å². The first kappa shape index (κ1) is 21.8. The molecule has 1 amide bonds. The van der Waals surface area contributed by atoms with Crippen molar-refractivity contribution in [2.45, 2.75) is 32.6 Å². The molecule has 172 valence electrons. The van der Waals surface area contributed by atoms with Crippen molar-refractivity contribution in [3.8, 4) is 17.3 Å². The molecule has 2 aromatic heterocycles. The lowest BCUT2D eigenvalue weighted by Crippen LogP contribution is -2.39. The molecule has 0 saturated carbocycles. The van der Waals surface area contributed by atoms with Crippen molar-refractivity contribution in [1.29, 1.82) is 0 Å². The number of piperidine rings is 1. The number of benzene rings is 2. The van der Waals surface area contributed by atoms with Crippen molar-refractivity contribution in [1.82, 2.24) is 24.6 Å². The van der Waals surface area contributed by atoms with E-state index >= 15 is 0 Å². The van der Waals surface area contributed by atoms with Crippen LogP contribution in [-0.4, -0.2) is 43.6 Å². The maximum absolute atomic E-state index is 13.4. The molecule has 1 fully saturated rings. The molecule has 1 aliphatic rings. The number of aryl methyl sites for hydroxylation is 2. The van der Waals surface area contributed by atoms with Crippen LogP contribution < -0.4 is 4.74 Å². The van der Waals surface area contributed by atoms with Gasteiger partial charge in [-0.2, -0.15) is 5.10 Å². The number of ether oxygens (including phenoxy) is 1. The zero-order chi connectivity index (χ0) is 23.5. The Hall–Kier alpha value is -4.00. The summed E-state index contributed by atoms with van der Waals surface area (Å²) in [7, 11) is 0. The smallest absolute Gasteiger partial charge is 0.253 e. The van der Waals surface area contributed by atoms with Crippen LogP contribution in [0.3, 0.4) is 0 Å². The van der Waals surface area contributed by atoms with Gasteiger partial charge in [-0.15, -0.1) is 0 Å². The van der Waals surface area contributed by atoms with Gasteiger partial charge in [-0.3, -0.25) is 9.78 Å². The van der Waals surface area contributed by atoms with E-state index in [0.717, 1.165) is 47.9 Å². The molecule has 1 aliphatic heterocycles. The van der Waals surface area contributed by atoms with Gasteiger partial charge in [0.2, 0.25) is 5.88 Å². The van der Waals surface area contributed by atoms with E-state index in [0.29, 0.717) is 18.0 Å². The lowest BCUT2D eigenvalue weighted by molar-refractivity contribution is 0.0705. The van der Waals surface area contributed by atoms with Crippen LogP contribution in [0.4, 0.5) is 0 Å². The molecule has 34 heavy (non-hydrogen) atoms. The zero-order valence-electron chi connectivity index (χ0n) is 19.4. The highest BCUT2D eigenvalue weighted by atomic mass is 16.5. The normalized spacial score (nSPS) is 15.8. The summed E-state index contributed by atoms with van der Waals surface area (Å²) in [6, 6.07) is 19.2. The fourth-order valence-corrected chi connectivity index (χ4v) is 4.46. The number of para-hydroxylation sites is 1. The lowest BCUT2D eigenvalue weighted by Gasteiger charge is -2.32. The Balaban J connectivity index is 1.32. The number of amides is 1. The Bertz CT molecular complexity index is 1300. The third kappa shape index (κ3) is 4.69. The minimum Gasteiger partial charge on any atom is -0.437 e. The molecule has 0 aliphatic carbocycles.